The molecule has 7 nitrogen and oxygen atoms in total. The van der Waals surface area contributed by atoms with E-state index in [9.17, 15) is 14.4 Å². The molecule has 0 spiro atoms. The van der Waals surface area contributed by atoms with Gasteiger partial charge in [0.25, 0.3) is 0 Å². The summed E-state index contributed by atoms with van der Waals surface area (Å²) >= 11 is 0. The minimum Gasteiger partial charge on any atom is -0.497 e. The lowest BCUT2D eigenvalue weighted by Crippen LogP contribution is -2.34. The van der Waals surface area contributed by atoms with E-state index >= 15 is 0 Å². The standard InChI is InChI=1S/C21H23NO6/c1-22(19(24)13-18(23)21(25)28-4)20(14-5-9-16(26-2)10-6-14)15-7-11-17(27-3)12-8-15/h5-12,20H,13H2,1-4H3. The van der Waals surface area contributed by atoms with Gasteiger partial charge in [0, 0.05) is 7.05 Å². The van der Waals surface area contributed by atoms with Crippen LogP contribution in [0.15, 0.2) is 48.5 Å². The van der Waals surface area contributed by atoms with Crippen LogP contribution in [0, 0.1) is 0 Å². The van der Waals surface area contributed by atoms with E-state index in [0.717, 1.165) is 18.2 Å². The van der Waals surface area contributed by atoms with Gasteiger partial charge in [0.2, 0.25) is 11.7 Å². The van der Waals surface area contributed by atoms with Crippen molar-refractivity contribution in [1.29, 1.82) is 0 Å². The maximum absolute atomic E-state index is 12.7. The van der Waals surface area contributed by atoms with E-state index in [-0.39, 0.29) is 0 Å². The first kappa shape index (κ1) is 21.0. The predicted octanol–water partition coefficient (Wildman–Crippen LogP) is 2.38. The quantitative estimate of drug-likeness (QED) is 0.394. The summed E-state index contributed by atoms with van der Waals surface area (Å²) in [6, 6.07) is 14.1. The summed E-state index contributed by atoms with van der Waals surface area (Å²) in [5.41, 5.74) is 1.65. The Morgan fingerprint density at radius 3 is 1.61 bits per heavy atom. The Hall–Kier alpha value is -3.35. The third kappa shape index (κ3) is 4.88. The van der Waals surface area contributed by atoms with E-state index in [2.05, 4.69) is 4.74 Å². The monoisotopic (exact) mass is 385 g/mol. The number of carbonyl (C=O) groups excluding carboxylic acids is 3. The number of Topliss-reactive ketones (excluding diaryl/α,β-unsaturated/α-hetero) is 1. The molecule has 28 heavy (non-hydrogen) atoms. The van der Waals surface area contributed by atoms with Gasteiger partial charge in [-0.1, -0.05) is 24.3 Å². The van der Waals surface area contributed by atoms with Gasteiger partial charge in [-0.2, -0.15) is 0 Å². The van der Waals surface area contributed by atoms with Crippen LogP contribution in [0.3, 0.4) is 0 Å². The normalized spacial score (nSPS) is 10.3. The lowest BCUT2D eigenvalue weighted by atomic mass is 9.96. The fourth-order valence-corrected chi connectivity index (χ4v) is 2.80. The highest BCUT2D eigenvalue weighted by molar-refractivity contribution is 6.36. The largest absolute Gasteiger partial charge is 0.497 e. The van der Waals surface area contributed by atoms with E-state index in [1.807, 2.05) is 24.3 Å². The number of hydrogen-bond donors (Lipinski definition) is 0. The van der Waals surface area contributed by atoms with Crippen molar-refractivity contribution >= 4 is 17.7 Å². The van der Waals surface area contributed by atoms with Gasteiger partial charge in [-0.05, 0) is 35.4 Å². The number of nitrogens with zero attached hydrogens (tertiary/aromatic N) is 1. The third-order valence-corrected chi connectivity index (χ3v) is 4.37. The molecular weight excluding hydrogens is 362 g/mol. The SMILES string of the molecule is COC(=O)C(=O)CC(=O)N(C)C(c1ccc(OC)cc1)c1ccc(OC)cc1. The van der Waals surface area contributed by atoms with E-state index in [1.165, 1.54) is 4.90 Å². The van der Waals surface area contributed by atoms with Gasteiger partial charge in [0.15, 0.2) is 0 Å². The Bertz CT molecular complexity index is 781. The first-order valence-electron chi connectivity index (χ1n) is 8.56. The van der Waals surface area contributed by atoms with Gasteiger partial charge >= 0.3 is 5.97 Å². The van der Waals surface area contributed by atoms with E-state index in [0.29, 0.717) is 11.5 Å². The molecule has 0 heterocycles. The summed E-state index contributed by atoms with van der Waals surface area (Å²) in [6.45, 7) is 0. The number of ketones is 1. The Labute approximate surface area is 163 Å². The number of methoxy groups -OCH3 is 3. The molecule has 7 heteroatoms. The molecule has 0 unspecified atom stereocenters. The highest BCUT2D eigenvalue weighted by Crippen LogP contribution is 2.30. The average Bonchev–Trinajstić information content (AvgIpc) is 2.74. The highest BCUT2D eigenvalue weighted by atomic mass is 16.5. The predicted molar refractivity (Wildman–Crippen MR) is 102 cm³/mol. The first-order chi connectivity index (χ1) is 13.4. The molecule has 0 aliphatic rings. The Balaban J connectivity index is 2.36. The maximum Gasteiger partial charge on any atom is 0.374 e. The molecule has 0 saturated carbocycles. The molecule has 0 atom stereocenters. The molecule has 148 valence electrons. The molecule has 0 fully saturated rings. The Morgan fingerprint density at radius 2 is 1.25 bits per heavy atom. The van der Waals surface area contributed by atoms with Crippen molar-refractivity contribution < 1.29 is 28.6 Å². The van der Waals surface area contributed by atoms with E-state index in [1.54, 1.807) is 45.5 Å². The molecule has 2 rings (SSSR count). The van der Waals surface area contributed by atoms with E-state index in [4.69, 9.17) is 9.47 Å². The highest BCUT2D eigenvalue weighted by Gasteiger charge is 2.27. The van der Waals surface area contributed by atoms with Gasteiger partial charge in [-0.15, -0.1) is 0 Å². The van der Waals surface area contributed by atoms with Crippen molar-refractivity contribution in [2.75, 3.05) is 28.4 Å². The lowest BCUT2D eigenvalue weighted by molar-refractivity contribution is -0.153. The molecule has 2 aromatic rings. The summed E-state index contributed by atoms with van der Waals surface area (Å²) in [7, 11) is 5.84. The van der Waals surface area contributed by atoms with Crippen LogP contribution >= 0.6 is 0 Å². The molecule has 1 amide bonds. The second kappa shape index (κ2) is 9.55. The van der Waals surface area contributed by atoms with Crippen LogP contribution < -0.4 is 9.47 Å². The van der Waals surface area contributed by atoms with E-state index < -0.39 is 30.1 Å². The number of esters is 1. The van der Waals surface area contributed by atoms with Crippen molar-refractivity contribution in [3.8, 4) is 11.5 Å². The van der Waals surface area contributed by atoms with Crippen molar-refractivity contribution in [2.45, 2.75) is 12.5 Å². The number of ether oxygens (including phenoxy) is 3. The number of rotatable bonds is 8. The van der Waals surface area contributed by atoms with Crippen LogP contribution in [0.5, 0.6) is 11.5 Å². The van der Waals surface area contributed by atoms with Crippen LogP contribution in [0.2, 0.25) is 0 Å². The minimum atomic E-state index is -1.04. The first-order valence-corrected chi connectivity index (χ1v) is 8.56. The second-order valence-corrected chi connectivity index (χ2v) is 6.05. The van der Waals surface area contributed by atoms with Crippen molar-refractivity contribution in [1.82, 2.24) is 4.90 Å². The fraction of sp³-hybridized carbons (Fsp3) is 0.286. The van der Waals surface area contributed by atoms with Gasteiger partial charge in [-0.3, -0.25) is 9.59 Å². The van der Waals surface area contributed by atoms with Crippen molar-refractivity contribution in [3.63, 3.8) is 0 Å². The van der Waals surface area contributed by atoms with Gasteiger partial charge < -0.3 is 19.1 Å². The number of carbonyl (C=O) groups is 3. The minimum absolute atomic E-state index is 0.463. The summed E-state index contributed by atoms with van der Waals surface area (Å²) in [6.07, 6.45) is -0.564. The van der Waals surface area contributed by atoms with Crippen LogP contribution in [-0.2, 0) is 19.1 Å². The number of hydrogen-bond acceptors (Lipinski definition) is 6. The Morgan fingerprint density at radius 1 is 0.821 bits per heavy atom. The van der Waals surface area contributed by atoms with Crippen molar-refractivity contribution in [3.05, 3.63) is 59.7 Å². The number of amides is 1. The zero-order valence-corrected chi connectivity index (χ0v) is 16.3. The molecule has 0 bridgehead atoms. The molecule has 0 radical (unpaired) electrons. The smallest absolute Gasteiger partial charge is 0.374 e. The van der Waals surface area contributed by atoms with Crippen LogP contribution in [0.25, 0.3) is 0 Å². The van der Waals surface area contributed by atoms with Crippen LogP contribution in [0.1, 0.15) is 23.6 Å². The zero-order chi connectivity index (χ0) is 20.7. The molecule has 0 aliphatic carbocycles. The molecule has 0 saturated heterocycles. The van der Waals surface area contributed by atoms with Crippen LogP contribution in [0.4, 0.5) is 0 Å². The second-order valence-electron chi connectivity index (χ2n) is 6.05. The zero-order valence-electron chi connectivity index (χ0n) is 16.3. The molecule has 0 N–H and O–H groups in total. The maximum atomic E-state index is 12.7. The fourth-order valence-electron chi connectivity index (χ4n) is 2.80. The summed E-state index contributed by atoms with van der Waals surface area (Å²) in [5, 5.41) is 0. The van der Waals surface area contributed by atoms with Crippen LogP contribution in [-0.4, -0.2) is 50.9 Å². The molecule has 0 aromatic heterocycles. The topological polar surface area (TPSA) is 82.1 Å². The molecule has 0 aliphatic heterocycles. The Kier molecular flexibility index (Phi) is 7.14. The molecule has 2 aromatic carbocycles. The summed E-state index contributed by atoms with van der Waals surface area (Å²) in [5.74, 6) is -1.04. The third-order valence-electron chi connectivity index (χ3n) is 4.37. The van der Waals surface area contributed by atoms with Gasteiger partial charge in [-0.25, -0.2) is 4.79 Å². The summed E-state index contributed by atoms with van der Waals surface area (Å²) in [4.78, 5) is 37.2. The van der Waals surface area contributed by atoms with Gasteiger partial charge in [0.05, 0.1) is 33.8 Å². The summed E-state index contributed by atoms with van der Waals surface area (Å²) < 4.78 is 14.8. The lowest BCUT2D eigenvalue weighted by Gasteiger charge is -2.29. The number of benzene rings is 2. The van der Waals surface area contributed by atoms with Crippen molar-refractivity contribution in [2.24, 2.45) is 0 Å². The average molecular weight is 385 g/mol. The molecular formula is C21H23NO6. The van der Waals surface area contributed by atoms with Gasteiger partial charge in [0.1, 0.15) is 11.5 Å².